The first-order chi connectivity index (χ1) is 9.83. The Morgan fingerprint density at radius 2 is 1.76 bits per heavy atom. The van der Waals surface area contributed by atoms with Crippen LogP contribution >= 0.6 is 11.6 Å². The van der Waals surface area contributed by atoms with Gasteiger partial charge in [-0.1, -0.05) is 57.3 Å². The molecule has 1 aliphatic carbocycles. The zero-order valence-corrected chi connectivity index (χ0v) is 14.0. The summed E-state index contributed by atoms with van der Waals surface area (Å²) in [6, 6.07) is 8.55. The second-order valence-corrected chi connectivity index (χ2v) is 8.44. The monoisotopic (exact) mass is 307 g/mol. The van der Waals surface area contributed by atoms with Crippen LogP contribution in [-0.4, -0.2) is 22.8 Å². The molecule has 2 nitrogen and oxygen atoms in total. The van der Waals surface area contributed by atoms with Gasteiger partial charge in [0.2, 0.25) is 0 Å². The second-order valence-electron chi connectivity index (χ2n) is 8.00. The second kappa shape index (κ2) is 5.26. The first-order valence-electron chi connectivity index (χ1n) is 8.03. The fraction of sp³-hybridized carbons (Fsp3) is 0.667. The van der Waals surface area contributed by atoms with Gasteiger partial charge in [-0.25, -0.2) is 0 Å². The van der Waals surface area contributed by atoms with Crippen molar-refractivity contribution >= 4 is 11.6 Å². The summed E-state index contributed by atoms with van der Waals surface area (Å²) >= 11 is 6.04. The van der Waals surface area contributed by atoms with Crippen LogP contribution in [0.25, 0.3) is 0 Å². The highest BCUT2D eigenvalue weighted by Gasteiger charge is 2.61. The normalized spacial score (nSPS) is 28.8. The number of aliphatic hydroxyl groups is 1. The summed E-state index contributed by atoms with van der Waals surface area (Å²) in [7, 11) is 0. The molecular formula is C18H26ClNO. The van der Waals surface area contributed by atoms with E-state index in [4.69, 9.17) is 11.6 Å². The van der Waals surface area contributed by atoms with Gasteiger partial charge in [0.1, 0.15) is 6.23 Å². The van der Waals surface area contributed by atoms with Crippen LogP contribution in [0.5, 0.6) is 0 Å². The minimum Gasteiger partial charge on any atom is -0.378 e. The molecule has 3 heteroatoms. The van der Waals surface area contributed by atoms with Gasteiger partial charge in [0.05, 0.1) is 0 Å². The molecule has 116 valence electrons. The maximum absolute atomic E-state index is 10.8. The van der Waals surface area contributed by atoms with Crippen LogP contribution < -0.4 is 0 Å². The molecule has 2 aliphatic rings. The third-order valence-corrected chi connectivity index (χ3v) is 5.33. The van der Waals surface area contributed by atoms with Gasteiger partial charge >= 0.3 is 0 Å². The maximum atomic E-state index is 10.8. The lowest BCUT2D eigenvalue weighted by Crippen LogP contribution is -2.66. The zero-order chi connectivity index (χ0) is 15.3. The fourth-order valence-electron chi connectivity index (χ4n) is 4.32. The summed E-state index contributed by atoms with van der Waals surface area (Å²) < 4.78 is 0. The molecule has 1 spiro atoms. The molecule has 0 radical (unpaired) electrons. The smallest absolute Gasteiger partial charge is 0.115 e. The number of benzene rings is 1. The lowest BCUT2D eigenvalue weighted by molar-refractivity contribution is -0.248. The van der Waals surface area contributed by atoms with Crippen molar-refractivity contribution < 1.29 is 5.11 Å². The number of hydrogen-bond acceptors (Lipinski definition) is 2. The van der Waals surface area contributed by atoms with Crippen LogP contribution in [0.3, 0.4) is 0 Å². The Morgan fingerprint density at radius 1 is 1.19 bits per heavy atom. The van der Waals surface area contributed by atoms with Crippen LogP contribution in [0, 0.1) is 10.8 Å². The number of hydrogen-bond donors (Lipinski definition) is 1. The van der Waals surface area contributed by atoms with E-state index in [1.807, 2.05) is 12.1 Å². The van der Waals surface area contributed by atoms with E-state index in [0.717, 1.165) is 24.4 Å². The number of aliphatic hydroxyl groups excluding tert-OH is 1. The summed E-state index contributed by atoms with van der Waals surface area (Å²) in [5.41, 5.74) is 1.56. The average molecular weight is 308 g/mol. The summed E-state index contributed by atoms with van der Waals surface area (Å²) in [6.45, 7) is 7.62. The molecule has 1 heterocycles. The van der Waals surface area contributed by atoms with Crippen molar-refractivity contribution in [3.63, 3.8) is 0 Å². The molecule has 1 N–H and O–H groups in total. The fourth-order valence-corrected chi connectivity index (χ4v) is 4.45. The highest BCUT2D eigenvalue weighted by molar-refractivity contribution is 6.30. The Labute approximate surface area is 133 Å². The van der Waals surface area contributed by atoms with Crippen LogP contribution in [0.4, 0.5) is 0 Å². The van der Waals surface area contributed by atoms with Gasteiger partial charge in [-0.2, -0.15) is 0 Å². The molecule has 1 aromatic carbocycles. The minimum atomic E-state index is -0.292. The molecule has 2 atom stereocenters. The molecule has 1 saturated heterocycles. The van der Waals surface area contributed by atoms with E-state index in [1.54, 1.807) is 0 Å². The Balaban J connectivity index is 1.92. The minimum absolute atomic E-state index is 0.0685. The quantitative estimate of drug-likeness (QED) is 0.861. The molecule has 0 bridgehead atoms. The molecule has 0 aromatic heterocycles. The molecule has 0 amide bonds. The third-order valence-electron chi connectivity index (χ3n) is 5.08. The van der Waals surface area contributed by atoms with Crippen molar-refractivity contribution in [1.29, 1.82) is 0 Å². The van der Waals surface area contributed by atoms with Crippen molar-refractivity contribution in [2.24, 2.45) is 10.8 Å². The van der Waals surface area contributed by atoms with E-state index in [-0.39, 0.29) is 17.1 Å². The third kappa shape index (κ3) is 2.62. The topological polar surface area (TPSA) is 23.5 Å². The predicted octanol–water partition coefficient (Wildman–Crippen LogP) is 4.62. The highest BCUT2D eigenvalue weighted by atomic mass is 35.5. The van der Waals surface area contributed by atoms with Crippen molar-refractivity contribution in [2.75, 3.05) is 6.54 Å². The van der Waals surface area contributed by atoms with E-state index in [1.165, 1.54) is 18.4 Å². The maximum Gasteiger partial charge on any atom is 0.115 e. The van der Waals surface area contributed by atoms with Crippen LogP contribution in [0.2, 0.25) is 5.02 Å². The van der Waals surface area contributed by atoms with Gasteiger partial charge in [0.25, 0.3) is 0 Å². The van der Waals surface area contributed by atoms with Crippen molar-refractivity contribution in [3.05, 3.63) is 34.9 Å². The van der Waals surface area contributed by atoms with Gasteiger partial charge in [0, 0.05) is 23.0 Å². The van der Waals surface area contributed by atoms with Crippen molar-refractivity contribution in [2.45, 2.75) is 58.7 Å². The zero-order valence-electron chi connectivity index (χ0n) is 13.3. The summed E-state index contributed by atoms with van der Waals surface area (Å²) in [4.78, 5) is 2.29. The largest absolute Gasteiger partial charge is 0.378 e. The highest BCUT2D eigenvalue weighted by Crippen LogP contribution is 2.61. The van der Waals surface area contributed by atoms with Gasteiger partial charge in [-0.3, -0.25) is 4.90 Å². The SMILES string of the molecule is CC(C)(C)CN1C(O)C2(CCCC2)C1c1ccc(Cl)cc1. The predicted molar refractivity (Wildman–Crippen MR) is 87.3 cm³/mol. The molecule has 21 heavy (non-hydrogen) atoms. The van der Waals surface area contributed by atoms with Gasteiger partial charge in [0.15, 0.2) is 0 Å². The van der Waals surface area contributed by atoms with Crippen molar-refractivity contribution in [1.82, 2.24) is 4.90 Å². The van der Waals surface area contributed by atoms with E-state index >= 15 is 0 Å². The standard InChI is InChI=1S/C18H26ClNO/c1-17(2,3)12-20-15(13-6-8-14(19)9-7-13)18(16(20)21)10-4-5-11-18/h6-9,15-16,21H,4-5,10-12H2,1-3H3. The van der Waals surface area contributed by atoms with E-state index in [0.29, 0.717) is 6.04 Å². The number of halogens is 1. The molecule has 1 aliphatic heterocycles. The molecule has 2 fully saturated rings. The average Bonchev–Trinajstić information content (AvgIpc) is 2.90. The van der Waals surface area contributed by atoms with Gasteiger partial charge in [-0.15, -0.1) is 0 Å². The summed E-state index contributed by atoms with van der Waals surface area (Å²) in [5.74, 6) is 0. The van der Waals surface area contributed by atoms with E-state index in [9.17, 15) is 5.11 Å². The number of likely N-dealkylation sites (tertiary alicyclic amines) is 1. The first kappa shape index (κ1) is 15.3. The van der Waals surface area contributed by atoms with Gasteiger partial charge in [-0.05, 0) is 36.0 Å². The molecule has 2 unspecified atom stereocenters. The lowest BCUT2D eigenvalue weighted by atomic mass is 9.65. The summed E-state index contributed by atoms with van der Waals surface area (Å²) in [6.07, 6.45) is 4.47. The van der Waals surface area contributed by atoms with Gasteiger partial charge < -0.3 is 5.11 Å². The Morgan fingerprint density at radius 3 is 2.29 bits per heavy atom. The van der Waals surface area contributed by atoms with Crippen LogP contribution in [0.15, 0.2) is 24.3 Å². The number of nitrogens with zero attached hydrogens (tertiary/aromatic N) is 1. The summed E-state index contributed by atoms with van der Waals surface area (Å²) in [5, 5.41) is 11.6. The Bertz CT molecular complexity index is 499. The molecular weight excluding hydrogens is 282 g/mol. The first-order valence-corrected chi connectivity index (χ1v) is 8.41. The molecule has 1 aromatic rings. The van der Waals surface area contributed by atoms with Crippen molar-refractivity contribution in [3.8, 4) is 0 Å². The van der Waals surface area contributed by atoms with Crippen LogP contribution in [0.1, 0.15) is 58.1 Å². The Hall–Kier alpha value is -0.570. The number of rotatable bonds is 2. The van der Waals surface area contributed by atoms with E-state index in [2.05, 4.69) is 37.8 Å². The molecule has 3 rings (SSSR count). The molecule has 1 saturated carbocycles. The Kier molecular flexibility index (Phi) is 3.84. The van der Waals surface area contributed by atoms with E-state index < -0.39 is 0 Å². The van der Waals surface area contributed by atoms with Crippen LogP contribution in [-0.2, 0) is 0 Å². The lowest BCUT2D eigenvalue weighted by Gasteiger charge is -2.62.